The van der Waals surface area contributed by atoms with E-state index in [4.69, 9.17) is 9.15 Å². The molecule has 0 radical (unpaired) electrons. The number of benzene rings is 1. The van der Waals surface area contributed by atoms with Crippen LogP contribution < -0.4 is 0 Å². The molecular formula is C19H21N3O2. The third-order valence-electron chi connectivity index (χ3n) is 4.42. The summed E-state index contributed by atoms with van der Waals surface area (Å²) in [6, 6.07) is 14.3. The lowest BCUT2D eigenvalue weighted by Crippen LogP contribution is -2.38. The average Bonchev–Trinajstić information content (AvgIpc) is 3.26. The van der Waals surface area contributed by atoms with Gasteiger partial charge < -0.3 is 9.15 Å². The maximum atomic E-state index is 5.85. The number of furan rings is 1. The van der Waals surface area contributed by atoms with E-state index in [1.807, 2.05) is 31.3 Å². The van der Waals surface area contributed by atoms with E-state index in [2.05, 4.69) is 38.7 Å². The van der Waals surface area contributed by atoms with Crippen LogP contribution in [0.1, 0.15) is 23.4 Å². The van der Waals surface area contributed by atoms with Gasteiger partial charge >= 0.3 is 0 Å². The zero-order valence-corrected chi connectivity index (χ0v) is 13.8. The van der Waals surface area contributed by atoms with Crippen LogP contribution in [0.25, 0.3) is 5.69 Å². The minimum atomic E-state index is 0.00273. The standard InChI is InChI=1S/C19H21N3O2/c1-15-20-12-17(22(15)16-6-3-2-4-7-16)13-21-9-11-24-19(14-21)18-8-5-10-23-18/h2-8,10,12,19H,9,11,13-14H2,1H3/t19-/m0/s1. The van der Waals surface area contributed by atoms with Crippen molar-refractivity contribution in [3.8, 4) is 5.69 Å². The van der Waals surface area contributed by atoms with E-state index in [9.17, 15) is 0 Å². The number of nitrogens with zero attached hydrogens (tertiary/aromatic N) is 3. The minimum absolute atomic E-state index is 0.00273. The summed E-state index contributed by atoms with van der Waals surface area (Å²) in [5.41, 5.74) is 2.34. The van der Waals surface area contributed by atoms with Gasteiger partial charge in [-0.05, 0) is 31.2 Å². The molecule has 4 rings (SSSR count). The van der Waals surface area contributed by atoms with Gasteiger partial charge in [0.2, 0.25) is 0 Å². The Bertz CT molecular complexity index is 780. The van der Waals surface area contributed by atoms with E-state index >= 15 is 0 Å². The second-order valence-corrected chi connectivity index (χ2v) is 6.08. The fraction of sp³-hybridized carbons (Fsp3) is 0.316. The molecule has 0 bridgehead atoms. The van der Waals surface area contributed by atoms with E-state index in [0.717, 1.165) is 36.9 Å². The van der Waals surface area contributed by atoms with Crippen molar-refractivity contribution in [3.63, 3.8) is 0 Å². The third-order valence-corrected chi connectivity index (χ3v) is 4.42. The summed E-state index contributed by atoms with van der Waals surface area (Å²) in [6.07, 6.45) is 3.67. The molecule has 24 heavy (non-hydrogen) atoms. The van der Waals surface area contributed by atoms with Crippen molar-refractivity contribution < 1.29 is 9.15 Å². The second-order valence-electron chi connectivity index (χ2n) is 6.08. The van der Waals surface area contributed by atoms with Crippen LogP contribution >= 0.6 is 0 Å². The maximum Gasteiger partial charge on any atom is 0.133 e. The summed E-state index contributed by atoms with van der Waals surface area (Å²) in [5.74, 6) is 1.90. The molecule has 0 N–H and O–H groups in total. The first kappa shape index (κ1) is 15.2. The van der Waals surface area contributed by atoms with Crippen molar-refractivity contribution in [3.05, 3.63) is 72.2 Å². The molecule has 0 unspecified atom stereocenters. The summed E-state index contributed by atoms with van der Waals surface area (Å²) in [6.45, 7) is 5.34. The molecular weight excluding hydrogens is 302 g/mol. The van der Waals surface area contributed by atoms with Gasteiger partial charge in [-0.2, -0.15) is 0 Å². The number of rotatable bonds is 4. The summed E-state index contributed by atoms with van der Waals surface area (Å²) >= 11 is 0. The van der Waals surface area contributed by atoms with Crippen molar-refractivity contribution in [1.29, 1.82) is 0 Å². The van der Waals surface area contributed by atoms with Crippen molar-refractivity contribution >= 4 is 0 Å². The van der Waals surface area contributed by atoms with Crippen molar-refractivity contribution in [1.82, 2.24) is 14.5 Å². The molecule has 0 aliphatic carbocycles. The molecule has 1 saturated heterocycles. The van der Waals surface area contributed by atoms with Gasteiger partial charge in [0.05, 0.1) is 24.8 Å². The average molecular weight is 323 g/mol. The normalized spacial score (nSPS) is 18.8. The van der Waals surface area contributed by atoms with E-state index in [0.29, 0.717) is 6.61 Å². The fourth-order valence-corrected chi connectivity index (χ4v) is 3.25. The minimum Gasteiger partial charge on any atom is -0.467 e. The highest BCUT2D eigenvalue weighted by Gasteiger charge is 2.25. The number of para-hydroxylation sites is 1. The number of morpholine rings is 1. The topological polar surface area (TPSA) is 43.4 Å². The zero-order valence-electron chi connectivity index (χ0n) is 13.8. The quantitative estimate of drug-likeness (QED) is 0.738. The van der Waals surface area contributed by atoms with Crippen LogP contribution in [0.3, 0.4) is 0 Å². The molecule has 3 heterocycles. The Labute approximate surface area is 141 Å². The van der Waals surface area contributed by atoms with Crippen molar-refractivity contribution in [2.75, 3.05) is 19.7 Å². The Morgan fingerprint density at radius 3 is 2.83 bits per heavy atom. The Kier molecular flexibility index (Phi) is 4.19. The van der Waals surface area contributed by atoms with Crippen molar-refractivity contribution in [2.24, 2.45) is 0 Å². The van der Waals surface area contributed by atoms with E-state index in [1.54, 1.807) is 6.26 Å². The number of aromatic nitrogens is 2. The molecule has 0 amide bonds. The monoisotopic (exact) mass is 323 g/mol. The first-order valence-corrected chi connectivity index (χ1v) is 8.27. The molecule has 0 spiro atoms. The third kappa shape index (κ3) is 3.00. The molecule has 5 nitrogen and oxygen atoms in total. The number of ether oxygens (including phenoxy) is 1. The van der Waals surface area contributed by atoms with Crippen molar-refractivity contribution in [2.45, 2.75) is 19.6 Å². The lowest BCUT2D eigenvalue weighted by atomic mass is 10.2. The first-order chi connectivity index (χ1) is 11.8. The van der Waals surface area contributed by atoms with Gasteiger partial charge in [-0.3, -0.25) is 9.47 Å². The summed E-state index contributed by atoms with van der Waals surface area (Å²) in [7, 11) is 0. The molecule has 1 aromatic carbocycles. The molecule has 5 heteroatoms. The summed E-state index contributed by atoms with van der Waals surface area (Å²) in [4.78, 5) is 6.91. The Hall–Kier alpha value is -2.37. The van der Waals surface area contributed by atoms with Gasteiger partial charge in [-0.25, -0.2) is 4.98 Å². The molecule has 3 aromatic rings. The van der Waals surface area contributed by atoms with Crippen LogP contribution in [0, 0.1) is 6.92 Å². The maximum absolute atomic E-state index is 5.85. The predicted molar refractivity (Wildman–Crippen MR) is 91.0 cm³/mol. The predicted octanol–water partition coefficient (Wildman–Crippen LogP) is 3.35. The molecule has 1 atom stereocenters. The van der Waals surface area contributed by atoms with Crippen LogP contribution in [-0.4, -0.2) is 34.1 Å². The van der Waals surface area contributed by atoms with Crippen LogP contribution in [0.5, 0.6) is 0 Å². The Morgan fingerprint density at radius 1 is 1.17 bits per heavy atom. The zero-order chi connectivity index (χ0) is 16.4. The van der Waals surface area contributed by atoms with E-state index < -0.39 is 0 Å². The number of imidazole rings is 1. The molecule has 0 saturated carbocycles. The second kappa shape index (κ2) is 6.63. The highest BCUT2D eigenvalue weighted by molar-refractivity contribution is 5.35. The van der Waals surface area contributed by atoms with Gasteiger partial charge in [-0.1, -0.05) is 18.2 Å². The molecule has 124 valence electrons. The van der Waals surface area contributed by atoms with E-state index in [-0.39, 0.29) is 6.10 Å². The number of hydrogen-bond donors (Lipinski definition) is 0. The van der Waals surface area contributed by atoms with Crippen LogP contribution in [-0.2, 0) is 11.3 Å². The van der Waals surface area contributed by atoms with Gasteiger partial charge in [0.1, 0.15) is 17.7 Å². The Balaban J connectivity index is 1.54. The highest BCUT2D eigenvalue weighted by Crippen LogP contribution is 2.24. The summed E-state index contributed by atoms with van der Waals surface area (Å²) in [5, 5.41) is 0. The first-order valence-electron chi connectivity index (χ1n) is 8.27. The SMILES string of the molecule is Cc1ncc(CN2CCO[C@H](c3ccco3)C2)n1-c1ccccc1. The molecule has 2 aromatic heterocycles. The van der Waals surface area contributed by atoms with Crippen LogP contribution in [0.4, 0.5) is 0 Å². The number of aryl methyl sites for hydroxylation is 1. The van der Waals surface area contributed by atoms with Gasteiger partial charge in [-0.15, -0.1) is 0 Å². The van der Waals surface area contributed by atoms with Gasteiger partial charge in [0.15, 0.2) is 0 Å². The van der Waals surface area contributed by atoms with Gasteiger partial charge in [0, 0.05) is 25.3 Å². The van der Waals surface area contributed by atoms with Crippen LogP contribution in [0.2, 0.25) is 0 Å². The highest BCUT2D eigenvalue weighted by atomic mass is 16.5. The number of hydrogen-bond acceptors (Lipinski definition) is 4. The molecule has 1 aliphatic rings. The lowest BCUT2D eigenvalue weighted by Gasteiger charge is -2.32. The fourth-order valence-electron chi connectivity index (χ4n) is 3.25. The summed E-state index contributed by atoms with van der Waals surface area (Å²) < 4.78 is 13.6. The van der Waals surface area contributed by atoms with Gasteiger partial charge in [0.25, 0.3) is 0 Å². The van der Waals surface area contributed by atoms with E-state index in [1.165, 1.54) is 5.69 Å². The molecule has 1 fully saturated rings. The molecule has 1 aliphatic heterocycles. The smallest absolute Gasteiger partial charge is 0.133 e. The lowest BCUT2D eigenvalue weighted by molar-refractivity contribution is -0.0432. The Morgan fingerprint density at radius 2 is 2.04 bits per heavy atom. The van der Waals surface area contributed by atoms with Crippen LogP contribution in [0.15, 0.2) is 59.3 Å². The largest absolute Gasteiger partial charge is 0.467 e.